The van der Waals surface area contributed by atoms with Crippen LogP contribution in [-0.4, -0.2) is 32.8 Å². The lowest BCUT2D eigenvalue weighted by Gasteiger charge is -2.46. The maximum Gasteiger partial charge on any atom is 0.420 e. The topological polar surface area (TPSA) is 83.0 Å². The highest BCUT2D eigenvalue weighted by atomic mass is 19.4. The van der Waals surface area contributed by atoms with E-state index in [0.717, 1.165) is 37.4 Å². The summed E-state index contributed by atoms with van der Waals surface area (Å²) in [5, 5.41) is 8.37. The number of esters is 1. The van der Waals surface area contributed by atoms with Crippen molar-refractivity contribution in [2.24, 2.45) is 13.0 Å². The maximum atomic E-state index is 13.7. The van der Waals surface area contributed by atoms with E-state index in [2.05, 4.69) is 26.8 Å². The van der Waals surface area contributed by atoms with Gasteiger partial charge >= 0.3 is 12.1 Å². The average molecular weight is 470 g/mol. The van der Waals surface area contributed by atoms with E-state index >= 15 is 0 Å². The van der Waals surface area contributed by atoms with Crippen LogP contribution >= 0.6 is 0 Å². The zero-order valence-corrected chi connectivity index (χ0v) is 18.7. The zero-order valence-electron chi connectivity index (χ0n) is 18.7. The second-order valence-electron chi connectivity index (χ2n) is 8.82. The van der Waals surface area contributed by atoms with Crippen LogP contribution in [0, 0.1) is 5.92 Å². The summed E-state index contributed by atoms with van der Waals surface area (Å²) in [4.78, 5) is 16.2. The Bertz CT molecular complexity index is 1400. The van der Waals surface area contributed by atoms with E-state index in [9.17, 15) is 18.0 Å². The van der Waals surface area contributed by atoms with Crippen LogP contribution in [0.5, 0.6) is 0 Å². The van der Waals surface area contributed by atoms with Crippen LogP contribution in [0.4, 0.5) is 13.2 Å². The quantitative estimate of drug-likeness (QED) is 0.384. The fourth-order valence-electron chi connectivity index (χ4n) is 4.95. The number of ether oxygens (including phenoxy) is 1. The van der Waals surface area contributed by atoms with Gasteiger partial charge in [-0.2, -0.15) is 13.2 Å². The first-order valence-electron chi connectivity index (χ1n) is 10.7. The van der Waals surface area contributed by atoms with E-state index in [1.54, 1.807) is 12.4 Å². The standard InChI is InChI=1S/C24H21F3N4O3/c1-13-10-23(11-13,22-30-28-12-31(22)2)16-6-4-5-14(7-16)20-29-18-9-15(21(32)33-3)8-17(19(18)34-20)24(25,26)27/h4-9,12-13H,10-11H2,1-3H3. The van der Waals surface area contributed by atoms with Crippen molar-refractivity contribution >= 4 is 17.1 Å². The highest BCUT2D eigenvalue weighted by Gasteiger charge is 2.48. The molecule has 7 nitrogen and oxygen atoms in total. The van der Waals surface area contributed by atoms with Gasteiger partial charge in [0.1, 0.15) is 23.2 Å². The normalized spacial score (nSPS) is 20.4. The molecule has 1 aliphatic carbocycles. The van der Waals surface area contributed by atoms with Gasteiger partial charge in [-0.15, -0.1) is 10.2 Å². The first-order valence-corrected chi connectivity index (χ1v) is 10.7. The highest BCUT2D eigenvalue weighted by Crippen LogP contribution is 2.52. The Labute approximate surface area is 192 Å². The van der Waals surface area contributed by atoms with Crippen LogP contribution in [0.15, 0.2) is 47.1 Å². The van der Waals surface area contributed by atoms with Crippen molar-refractivity contribution in [3.63, 3.8) is 0 Å². The van der Waals surface area contributed by atoms with Crippen LogP contribution < -0.4 is 0 Å². The van der Waals surface area contributed by atoms with Gasteiger partial charge < -0.3 is 13.7 Å². The van der Waals surface area contributed by atoms with Gasteiger partial charge in [-0.1, -0.05) is 19.1 Å². The second-order valence-corrected chi connectivity index (χ2v) is 8.82. The molecule has 5 rings (SSSR count). The van der Waals surface area contributed by atoms with Gasteiger partial charge in [0.05, 0.1) is 18.1 Å². The summed E-state index contributed by atoms with van der Waals surface area (Å²) in [6.45, 7) is 2.16. The molecule has 1 saturated carbocycles. The maximum absolute atomic E-state index is 13.7. The van der Waals surface area contributed by atoms with Gasteiger partial charge in [0.2, 0.25) is 5.89 Å². The SMILES string of the molecule is COC(=O)c1cc(C(F)(F)F)c2oc(-c3cccc(C4(c5nncn5C)CC(C)C4)c3)nc2c1. The molecule has 176 valence electrons. The molecule has 0 aliphatic heterocycles. The predicted octanol–water partition coefficient (Wildman–Crippen LogP) is 5.14. The molecular weight excluding hydrogens is 449 g/mol. The number of carbonyl (C=O) groups is 1. The number of aromatic nitrogens is 4. The number of nitrogens with zero attached hydrogens (tertiary/aromatic N) is 4. The molecule has 2 heterocycles. The minimum atomic E-state index is -4.74. The molecule has 1 fully saturated rings. The summed E-state index contributed by atoms with van der Waals surface area (Å²) in [5.74, 6) is 0.478. The summed E-state index contributed by atoms with van der Waals surface area (Å²) in [6.07, 6.45) is -1.34. The van der Waals surface area contributed by atoms with Crippen LogP contribution in [0.1, 0.15) is 47.1 Å². The summed E-state index contributed by atoms with van der Waals surface area (Å²) >= 11 is 0. The summed E-state index contributed by atoms with van der Waals surface area (Å²) in [7, 11) is 3.00. The number of halogens is 3. The van der Waals surface area contributed by atoms with Crippen LogP contribution in [-0.2, 0) is 23.4 Å². The monoisotopic (exact) mass is 470 g/mol. The van der Waals surface area contributed by atoms with Gasteiger partial charge in [-0.25, -0.2) is 9.78 Å². The number of aryl methyl sites for hydroxylation is 1. The van der Waals surface area contributed by atoms with Crippen molar-refractivity contribution in [2.45, 2.75) is 31.4 Å². The van der Waals surface area contributed by atoms with Gasteiger partial charge in [0.25, 0.3) is 0 Å². The molecule has 0 radical (unpaired) electrons. The molecule has 0 amide bonds. The lowest BCUT2D eigenvalue weighted by Crippen LogP contribution is -2.43. The Morgan fingerprint density at radius 3 is 2.62 bits per heavy atom. The minimum absolute atomic E-state index is 0.0323. The number of alkyl halides is 3. The van der Waals surface area contributed by atoms with Crippen molar-refractivity contribution in [2.75, 3.05) is 7.11 Å². The Hall–Kier alpha value is -3.69. The number of hydrogen-bond acceptors (Lipinski definition) is 6. The third kappa shape index (κ3) is 3.44. The molecule has 34 heavy (non-hydrogen) atoms. The fraction of sp³-hybridized carbons (Fsp3) is 0.333. The molecule has 0 spiro atoms. The van der Waals surface area contributed by atoms with Gasteiger partial charge in [0.15, 0.2) is 5.58 Å². The minimum Gasteiger partial charge on any atom is -0.465 e. The zero-order chi connectivity index (χ0) is 24.3. The molecule has 1 aliphatic rings. The first-order chi connectivity index (χ1) is 16.1. The number of oxazole rings is 1. The van der Waals surface area contributed by atoms with Crippen molar-refractivity contribution in [1.82, 2.24) is 19.7 Å². The van der Waals surface area contributed by atoms with Gasteiger partial charge in [0, 0.05) is 12.6 Å². The molecule has 0 N–H and O–H groups in total. The van der Waals surface area contributed by atoms with E-state index in [-0.39, 0.29) is 22.4 Å². The summed E-state index contributed by atoms with van der Waals surface area (Å²) in [5.41, 5.74) is -0.682. The molecule has 0 atom stereocenters. The third-order valence-electron chi connectivity index (χ3n) is 6.41. The lowest BCUT2D eigenvalue weighted by atomic mass is 9.58. The van der Waals surface area contributed by atoms with E-state index in [4.69, 9.17) is 4.42 Å². The summed E-state index contributed by atoms with van der Waals surface area (Å²) < 4.78 is 53.3. The van der Waals surface area contributed by atoms with E-state index in [0.29, 0.717) is 11.5 Å². The van der Waals surface area contributed by atoms with Crippen molar-refractivity contribution in [1.29, 1.82) is 0 Å². The van der Waals surface area contributed by atoms with E-state index in [1.807, 2.05) is 29.8 Å². The van der Waals surface area contributed by atoms with Crippen LogP contribution in [0.3, 0.4) is 0 Å². The molecule has 0 saturated heterocycles. The average Bonchev–Trinajstić information content (AvgIpc) is 3.41. The molecule has 0 unspecified atom stereocenters. The number of carbonyl (C=O) groups excluding carboxylic acids is 1. The number of benzene rings is 2. The third-order valence-corrected chi connectivity index (χ3v) is 6.41. The first kappa shape index (κ1) is 22.1. The van der Waals surface area contributed by atoms with Gasteiger partial charge in [-0.05, 0) is 48.6 Å². The smallest absolute Gasteiger partial charge is 0.420 e. The Kier molecular flexibility index (Phi) is 5.00. The summed E-state index contributed by atoms with van der Waals surface area (Å²) in [6, 6.07) is 9.36. The number of hydrogen-bond donors (Lipinski definition) is 0. The largest absolute Gasteiger partial charge is 0.465 e. The van der Waals surface area contributed by atoms with Gasteiger partial charge in [-0.3, -0.25) is 0 Å². The molecule has 0 bridgehead atoms. The second kappa shape index (κ2) is 7.68. The lowest BCUT2D eigenvalue weighted by molar-refractivity contribution is -0.136. The number of methoxy groups -OCH3 is 1. The molecule has 10 heteroatoms. The number of rotatable bonds is 4. The molecule has 4 aromatic rings. The van der Waals surface area contributed by atoms with E-state index in [1.165, 1.54) is 6.07 Å². The predicted molar refractivity (Wildman–Crippen MR) is 116 cm³/mol. The Morgan fingerprint density at radius 1 is 1.24 bits per heavy atom. The Balaban J connectivity index is 1.64. The van der Waals surface area contributed by atoms with Crippen LogP contribution in [0.2, 0.25) is 0 Å². The molecule has 2 aromatic heterocycles. The van der Waals surface area contributed by atoms with E-state index < -0.39 is 23.3 Å². The molecular formula is C24H21F3N4O3. The van der Waals surface area contributed by atoms with Crippen molar-refractivity contribution < 1.29 is 27.1 Å². The fourth-order valence-corrected chi connectivity index (χ4v) is 4.95. The van der Waals surface area contributed by atoms with Crippen molar-refractivity contribution in [3.8, 4) is 11.5 Å². The highest BCUT2D eigenvalue weighted by molar-refractivity contribution is 5.95. The van der Waals surface area contributed by atoms with Crippen molar-refractivity contribution in [3.05, 3.63) is 65.2 Å². The van der Waals surface area contributed by atoms with Crippen LogP contribution in [0.25, 0.3) is 22.6 Å². The Morgan fingerprint density at radius 2 is 2.00 bits per heavy atom. The number of fused-ring (bicyclic) bond motifs is 1. The molecule has 2 aromatic carbocycles.